The minimum Gasteiger partial charge on any atom is -0.465 e. The van der Waals surface area contributed by atoms with E-state index >= 15 is 0 Å². The summed E-state index contributed by atoms with van der Waals surface area (Å²) in [6, 6.07) is 6.44. The van der Waals surface area contributed by atoms with Crippen molar-refractivity contribution in [1.29, 1.82) is 0 Å². The number of amides is 1. The Kier molecular flexibility index (Phi) is 8.94. The summed E-state index contributed by atoms with van der Waals surface area (Å²) in [6.07, 6.45) is 1.22. The molecule has 0 unspecified atom stereocenters. The average Bonchev–Trinajstić information content (AvgIpc) is 2.58. The number of esters is 1. The number of carbonyl (C=O) groups excluding carboxylic acids is 2. The van der Waals surface area contributed by atoms with Crippen molar-refractivity contribution < 1.29 is 23.8 Å². The van der Waals surface area contributed by atoms with E-state index < -0.39 is 5.97 Å². The lowest BCUT2D eigenvalue weighted by Gasteiger charge is -2.16. The van der Waals surface area contributed by atoms with Crippen LogP contribution in [0.3, 0.4) is 0 Å². The first-order valence-electron chi connectivity index (χ1n) is 7.82. The topological polar surface area (TPSA) is 73.9 Å². The fraction of sp³-hybridized carbons (Fsp3) is 0.529. The number of benzene rings is 1. The molecule has 23 heavy (non-hydrogen) atoms. The molecule has 0 heterocycles. The molecule has 0 atom stereocenters. The van der Waals surface area contributed by atoms with Crippen molar-refractivity contribution in [1.82, 2.24) is 5.32 Å². The summed E-state index contributed by atoms with van der Waals surface area (Å²) in [5.74, 6) is -0.684. The van der Waals surface area contributed by atoms with Crippen LogP contribution in [0, 0.1) is 0 Å². The largest absolute Gasteiger partial charge is 0.465 e. The highest BCUT2D eigenvalue weighted by Gasteiger charge is 2.11. The highest BCUT2D eigenvalue weighted by molar-refractivity contribution is 5.97. The van der Waals surface area contributed by atoms with Crippen LogP contribution < -0.4 is 5.32 Å². The zero-order valence-electron chi connectivity index (χ0n) is 14.0. The quantitative estimate of drug-likeness (QED) is 0.406. The molecule has 0 aromatic heterocycles. The van der Waals surface area contributed by atoms with Crippen LogP contribution in [0.15, 0.2) is 24.3 Å². The maximum atomic E-state index is 12.1. The van der Waals surface area contributed by atoms with Crippen LogP contribution in [0.2, 0.25) is 0 Å². The second kappa shape index (κ2) is 10.7. The smallest absolute Gasteiger partial charge is 0.337 e. The zero-order valence-corrected chi connectivity index (χ0v) is 14.0. The molecule has 0 saturated carbocycles. The molecule has 0 saturated heterocycles. The molecule has 0 bridgehead atoms. The van der Waals surface area contributed by atoms with Gasteiger partial charge in [0.25, 0.3) is 5.91 Å². The van der Waals surface area contributed by atoms with Gasteiger partial charge in [-0.2, -0.15) is 0 Å². The molecule has 1 amide bonds. The number of hydrogen-bond donors (Lipinski definition) is 1. The van der Waals surface area contributed by atoms with Crippen molar-refractivity contribution in [3.05, 3.63) is 35.4 Å². The van der Waals surface area contributed by atoms with Crippen LogP contribution in [0.4, 0.5) is 0 Å². The first-order chi connectivity index (χ1) is 11.1. The molecule has 6 heteroatoms. The number of carbonyl (C=O) groups is 2. The van der Waals surface area contributed by atoms with Crippen LogP contribution in [0.5, 0.6) is 0 Å². The second-order valence-electron chi connectivity index (χ2n) is 4.81. The van der Waals surface area contributed by atoms with Gasteiger partial charge in [0.15, 0.2) is 6.29 Å². The van der Waals surface area contributed by atoms with Gasteiger partial charge in [0, 0.05) is 31.7 Å². The van der Waals surface area contributed by atoms with Gasteiger partial charge in [-0.3, -0.25) is 4.79 Å². The van der Waals surface area contributed by atoms with E-state index in [1.807, 2.05) is 13.8 Å². The fourth-order valence-electron chi connectivity index (χ4n) is 2.06. The van der Waals surface area contributed by atoms with Crippen LogP contribution in [-0.4, -0.2) is 45.0 Å². The van der Waals surface area contributed by atoms with E-state index in [4.69, 9.17) is 9.47 Å². The summed E-state index contributed by atoms with van der Waals surface area (Å²) in [6.45, 7) is 5.54. The summed E-state index contributed by atoms with van der Waals surface area (Å²) in [7, 11) is 1.31. The molecule has 0 fully saturated rings. The van der Waals surface area contributed by atoms with Gasteiger partial charge < -0.3 is 19.5 Å². The van der Waals surface area contributed by atoms with Gasteiger partial charge in [-0.05, 0) is 38.5 Å². The molecule has 0 spiro atoms. The monoisotopic (exact) mass is 323 g/mol. The summed E-state index contributed by atoms with van der Waals surface area (Å²) in [5.41, 5.74) is 0.784. The van der Waals surface area contributed by atoms with Gasteiger partial charge in [0.2, 0.25) is 0 Å². The van der Waals surface area contributed by atoms with Crippen molar-refractivity contribution in [3.63, 3.8) is 0 Å². The van der Waals surface area contributed by atoms with Crippen molar-refractivity contribution in [2.75, 3.05) is 26.9 Å². The molecule has 1 aromatic carbocycles. The summed E-state index contributed by atoms with van der Waals surface area (Å²) >= 11 is 0. The standard InChI is InChI=1S/C17H25NO5/c1-4-22-15(23-5-2)10-7-11-18-16(19)13-8-6-9-14(12-13)17(20)21-3/h6,8-9,12,15H,4-5,7,10-11H2,1-3H3,(H,18,19). The molecule has 1 aromatic rings. The Balaban J connectivity index is 2.43. The maximum Gasteiger partial charge on any atom is 0.337 e. The minimum absolute atomic E-state index is 0.222. The molecule has 1 rings (SSSR count). The lowest BCUT2D eigenvalue weighted by Crippen LogP contribution is -2.26. The maximum absolute atomic E-state index is 12.1. The van der Waals surface area contributed by atoms with Gasteiger partial charge in [0.1, 0.15) is 0 Å². The Morgan fingerprint density at radius 2 is 1.78 bits per heavy atom. The van der Waals surface area contributed by atoms with E-state index in [1.54, 1.807) is 18.2 Å². The van der Waals surface area contributed by atoms with E-state index in [1.165, 1.54) is 13.2 Å². The third kappa shape index (κ3) is 6.80. The number of hydrogen-bond acceptors (Lipinski definition) is 5. The fourth-order valence-corrected chi connectivity index (χ4v) is 2.06. The minimum atomic E-state index is -0.462. The molecule has 0 radical (unpaired) electrons. The molecule has 1 N–H and O–H groups in total. The number of ether oxygens (including phenoxy) is 3. The molecule has 0 aliphatic rings. The lowest BCUT2D eigenvalue weighted by atomic mass is 10.1. The summed E-state index contributed by atoms with van der Waals surface area (Å²) in [5, 5.41) is 2.82. The second-order valence-corrected chi connectivity index (χ2v) is 4.81. The molecule has 0 aliphatic carbocycles. The summed E-state index contributed by atoms with van der Waals surface area (Å²) in [4.78, 5) is 23.5. The van der Waals surface area contributed by atoms with E-state index in [2.05, 4.69) is 10.1 Å². The Hall–Kier alpha value is -1.92. The van der Waals surface area contributed by atoms with Gasteiger partial charge in [0.05, 0.1) is 12.7 Å². The number of nitrogens with one attached hydrogen (secondary N) is 1. The predicted octanol–water partition coefficient (Wildman–Crippen LogP) is 2.38. The van der Waals surface area contributed by atoms with E-state index in [0.717, 1.165) is 6.42 Å². The van der Waals surface area contributed by atoms with Gasteiger partial charge in [-0.1, -0.05) is 6.07 Å². The third-order valence-electron chi connectivity index (χ3n) is 3.15. The SMILES string of the molecule is CCOC(CCCNC(=O)c1cccc(C(=O)OC)c1)OCC. The van der Waals surface area contributed by atoms with Crippen molar-refractivity contribution >= 4 is 11.9 Å². The van der Waals surface area contributed by atoms with E-state index in [0.29, 0.717) is 37.3 Å². The van der Waals surface area contributed by atoms with Gasteiger partial charge >= 0.3 is 5.97 Å². The van der Waals surface area contributed by atoms with Crippen LogP contribution in [0.25, 0.3) is 0 Å². The number of methoxy groups -OCH3 is 1. The Morgan fingerprint density at radius 3 is 2.39 bits per heavy atom. The zero-order chi connectivity index (χ0) is 17.1. The predicted molar refractivity (Wildman–Crippen MR) is 86.4 cm³/mol. The normalized spacial score (nSPS) is 10.6. The number of rotatable bonds is 10. The van der Waals surface area contributed by atoms with Crippen molar-refractivity contribution in [2.24, 2.45) is 0 Å². The average molecular weight is 323 g/mol. The Labute approximate surface area is 137 Å². The summed E-state index contributed by atoms with van der Waals surface area (Å²) < 4.78 is 15.5. The van der Waals surface area contributed by atoms with Gasteiger partial charge in [-0.15, -0.1) is 0 Å². The highest BCUT2D eigenvalue weighted by Crippen LogP contribution is 2.07. The first-order valence-corrected chi connectivity index (χ1v) is 7.82. The van der Waals surface area contributed by atoms with Crippen LogP contribution in [0.1, 0.15) is 47.4 Å². The van der Waals surface area contributed by atoms with Crippen LogP contribution in [-0.2, 0) is 14.2 Å². The first kappa shape index (κ1) is 19.1. The highest BCUT2D eigenvalue weighted by atomic mass is 16.7. The van der Waals surface area contributed by atoms with E-state index in [-0.39, 0.29) is 12.2 Å². The molecular formula is C17H25NO5. The Morgan fingerprint density at radius 1 is 1.13 bits per heavy atom. The van der Waals surface area contributed by atoms with E-state index in [9.17, 15) is 9.59 Å². The third-order valence-corrected chi connectivity index (χ3v) is 3.15. The molecule has 6 nitrogen and oxygen atoms in total. The molecule has 128 valence electrons. The molecule has 0 aliphatic heterocycles. The van der Waals surface area contributed by atoms with Crippen molar-refractivity contribution in [3.8, 4) is 0 Å². The molecular weight excluding hydrogens is 298 g/mol. The van der Waals surface area contributed by atoms with Crippen molar-refractivity contribution in [2.45, 2.75) is 33.0 Å². The Bertz CT molecular complexity index is 498. The van der Waals surface area contributed by atoms with Crippen LogP contribution >= 0.6 is 0 Å². The lowest BCUT2D eigenvalue weighted by molar-refractivity contribution is -0.139. The van der Waals surface area contributed by atoms with Gasteiger partial charge in [-0.25, -0.2) is 4.79 Å².